The van der Waals surface area contributed by atoms with Crippen LogP contribution in [0.4, 0.5) is 4.39 Å². The van der Waals surface area contributed by atoms with E-state index in [1.807, 2.05) is 13.0 Å². The van der Waals surface area contributed by atoms with E-state index in [1.165, 1.54) is 12.1 Å². The maximum absolute atomic E-state index is 12.8. The summed E-state index contributed by atoms with van der Waals surface area (Å²) in [7, 11) is 0. The van der Waals surface area contributed by atoms with Crippen LogP contribution in [0.1, 0.15) is 19.0 Å². The molecular weight excluding hydrogens is 255 g/mol. The molecule has 1 heterocycles. The molecule has 0 fully saturated rings. The molecule has 0 aliphatic heterocycles. The topological polar surface area (TPSA) is 52.0 Å². The lowest BCUT2D eigenvalue weighted by Gasteiger charge is -2.03. The highest BCUT2D eigenvalue weighted by Crippen LogP contribution is 2.21. The third-order valence-electron chi connectivity index (χ3n) is 2.68. The quantitative estimate of drug-likeness (QED) is 0.928. The lowest BCUT2D eigenvalue weighted by atomic mass is 10.1. The molecule has 0 saturated carbocycles. The maximum atomic E-state index is 12.8. The van der Waals surface area contributed by atoms with Gasteiger partial charge in [-0.1, -0.05) is 12.1 Å². The molecule has 0 bridgehead atoms. The van der Waals surface area contributed by atoms with E-state index in [2.05, 4.69) is 5.16 Å². The van der Waals surface area contributed by atoms with Crippen molar-refractivity contribution in [2.75, 3.05) is 0 Å². The normalized spacial score (nSPS) is 11.9. The second-order valence-electron chi connectivity index (χ2n) is 4.06. The van der Waals surface area contributed by atoms with Gasteiger partial charge in [0.1, 0.15) is 5.82 Å². The Kier molecular flexibility index (Phi) is 5.31. The zero-order valence-corrected chi connectivity index (χ0v) is 10.9. The standard InChI is InChI=1S/C13H15FN2O.ClH/c1-2-11(15)7-12-8-13(17-16-12)9-3-5-10(14)6-4-9;/h3-6,8,11H,2,7,15H2,1H3;1H. The van der Waals surface area contributed by atoms with Crippen LogP contribution in [-0.4, -0.2) is 11.2 Å². The van der Waals surface area contributed by atoms with Gasteiger partial charge in [-0.3, -0.25) is 0 Å². The van der Waals surface area contributed by atoms with Crippen LogP contribution < -0.4 is 5.73 Å². The number of hydrogen-bond acceptors (Lipinski definition) is 3. The van der Waals surface area contributed by atoms with E-state index in [1.54, 1.807) is 12.1 Å². The van der Waals surface area contributed by atoms with Gasteiger partial charge in [0.2, 0.25) is 0 Å². The SMILES string of the molecule is CCC(N)Cc1cc(-c2ccc(F)cc2)on1.Cl. The van der Waals surface area contributed by atoms with Crippen molar-refractivity contribution in [3.63, 3.8) is 0 Å². The second-order valence-corrected chi connectivity index (χ2v) is 4.06. The Bertz CT molecular complexity index is 484. The summed E-state index contributed by atoms with van der Waals surface area (Å²) in [5, 5.41) is 3.95. The van der Waals surface area contributed by atoms with Gasteiger partial charge >= 0.3 is 0 Å². The van der Waals surface area contributed by atoms with Gasteiger partial charge in [0.25, 0.3) is 0 Å². The average Bonchev–Trinajstić information content (AvgIpc) is 2.78. The summed E-state index contributed by atoms with van der Waals surface area (Å²) in [6.07, 6.45) is 1.60. The Hall–Kier alpha value is -1.39. The van der Waals surface area contributed by atoms with E-state index >= 15 is 0 Å². The summed E-state index contributed by atoms with van der Waals surface area (Å²) in [6, 6.07) is 8.08. The summed E-state index contributed by atoms with van der Waals surface area (Å²) >= 11 is 0. The average molecular weight is 271 g/mol. The van der Waals surface area contributed by atoms with Crippen LogP contribution in [0, 0.1) is 5.82 Å². The highest BCUT2D eigenvalue weighted by atomic mass is 35.5. The summed E-state index contributed by atoms with van der Waals surface area (Å²) in [4.78, 5) is 0. The smallest absolute Gasteiger partial charge is 0.167 e. The van der Waals surface area contributed by atoms with Crippen LogP contribution in [0.3, 0.4) is 0 Å². The minimum Gasteiger partial charge on any atom is -0.356 e. The molecule has 5 heteroatoms. The molecule has 18 heavy (non-hydrogen) atoms. The predicted octanol–water partition coefficient (Wildman–Crippen LogP) is 3.18. The van der Waals surface area contributed by atoms with Crippen molar-refractivity contribution in [2.45, 2.75) is 25.8 Å². The molecule has 1 unspecified atom stereocenters. The molecule has 0 radical (unpaired) electrons. The van der Waals surface area contributed by atoms with Crippen molar-refractivity contribution in [3.8, 4) is 11.3 Å². The minimum absolute atomic E-state index is 0. The Labute approximate surface area is 112 Å². The van der Waals surface area contributed by atoms with Crippen molar-refractivity contribution in [1.29, 1.82) is 0 Å². The van der Waals surface area contributed by atoms with Crippen molar-refractivity contribution in [1.82, 2.24) is 5.16 Å². The molecular formula is C13H16ClFN2O. The molecule has 0 saturated heterocycles. The number of halogens is 2. The highest BCUT2D eigenvalue weighted by molar-refractivity contribution is 5.85. The van der Waals surface area contributed by atoms with Crippen LogP contribution >= 0.6 is 12.4 Å². The zero-order chi connectivity index (χ0) is 12.3. The van der Waals surface area contributed by atoms with E-state index in [0.717, 1.165) is 17.7 Å². The van der Waals surface area contributed by atoms with Crippen molar-refractivity contribution in [3.05, 3.63) is 41.8 Å². The first-order chi connectivity index (χ1) is 8.19. The van der Waals surface area contributed by atoms with E-state index in [4.69, 9.17) is 10.3 Å². The lowest BCUT2D eigenvalue weighted by molar-refractivity contribution is 0.419. The van der Waals surface area contributed by atoms with Crippen molar-refractivity contribution >= 4 is 12.4 Å². The first-order valence-corrected chi connectivity index (χ1v) is 5.66. The van der Waals surface area contributed by atoms with Crippen molar-refractivity contribution in [2.24, 2.45) is 5.73 Å². The number of rotatable bonds is 4. The Morgan fingerprint density at radius 3 is 2.61 bits per heavy atom. The Balaban J connectivity index is 0.00000162. The molecule has 1 aromatic heterocycles. The number of nitrogens with zero attached hydrogens (tertiary/aromatic N) is 1. The van der Waals surface area contributed by atoms with Gasteiger partial charge in [-0.25, -0.2) is 4.39 Å². The highest BCUT2D eigenvalue weighted by Gasteiger charge is 2.09. The van der Waals surface area contributed by atoms with Crippen LogP contribution in [-0.2, 0) is 6.42 Å². The molecule has 1 aromatic carbocycles. The number of benzene rings is 1. The molecule has 3 nitrogen and oxygen atoms in total. The van der Waals surface area contributed by atoms with Gasteiger partial charge in [-0.15, -0.1) is 12.4 Å². The largest absolute Gasteiger partial charge is 0.356 e. The minimum atomic E-state index is -0.263. The lowest BCUT2D eigenvalue weighted by Crippen LogP contribution is -2.21. The maximum Gasteiger partial charge on any atom is 0.167 e. The van der Waals surface area contributed by atoms with Gasteiger partial charge in [-0.2, -0.15) is 0 Å². The fourth-order valence-electron chi connectivity index (χ4n) is 1.57. The Morgan fingerprint density at radius 2 is 2.00 bits per heavy atom. The molecule has 0 amide bonds. The fraction of sp³-hybridized carbons (Fsp3) is 0.308. The van der Waals surface area contributed by atoms with E-state index in [-0.39, 0.29) is 24.3 Å². The molecule has 2 N–H and O–H groups in total. The molecule has 2 rings (SSSR count). The third-order valence-corrected chi connectivity index (χ3v) is 2.68. The first-order valence-electron chi connectivity index (χ1n) is 5.66. The predicted molar refractivity (Wildman–Crippen MR) is 71.1 cm³/mol. The zero-order valence-electron chi connectivity index (χ0n) is 10.1. The number of hydrogen-bond donors (Lipinski definition) is 1. The van der Waals surface area contributed by atoms with E-state index in [9.17, 15) is 4.39 Å². The second kappa shape index (κ2) is 6.52. The van der Waals surface area contributed by atoms with E-state index in [0.29, 0.717) is 12.2 Å². The van der Waals surface area contributed by atoms with E-state index < -0.39 is 0 Å². The monoisotopic (exact) mass is 270 g/mol. The van der Waals surface area contributed by atoms with Crippen LogP contribution in [0.5, 0.6) is 0 Å². The molecule has 0 aliphatic rings. The summed E-state index contributed by atoms with van der Waals surface area (Å²) < 4.78 is 18.0. The van der Waals surface area contributed by atoms with Gasteiger partial charge in [-0.05, 0) is 30.7 Å². The van der Waals surface area contributed by atoms with Gasteiger partial charge < -0.3 is 10.3 Å². The van der Waals surface area contributed by atoms with Crippen LogP contribution in [0.15, 0.2) is 34.9 Å². The van der Waals surface area contributed by atoms with Gasteiger partial charge in [0.15, 0.2) is 5.76 Å². The van der Waals surface area contributed by atoms with Gasteiger partial charge in [0, 0.05) is 24.1 Å². The Morgan fingerprint density at radius 1 is 1.33 bits per heavy atom. The first kappa shape index (κ1) is 14.7. The van der Waals surface area contributed by atoms with Gasteiger partial charge in [0.05, 0.1) is 5.69 Å². The molecule has 0 spiro atoms. The third kappa shape index (κ3) is 3.55. The molecule has 0 aliphatic carbocycles. The summed E-state index contributed by atoms with van der Waals surface area (Å²) in [5.41, 5.74) is 7.49. The molecule has 1 atom stereocenters. The molecule has 2 aromatic rings. The fourth-order valence-corrected chi connectivity index (χ4v) is 1.57. The number of nitrogens with two attached hydrogens (primary N) is 1. The van der Waals surface area contributed by atoms with Crippen molar-refractivity contribution < 1.29 is 8.91 Å². The molecule has 98 valence electrons. The van der Waals surface area contributed by atoms with Crippen LogP contribution in [0.2, 0.25) is 0 Å². The summed E-state index contributed by atoms with van der Waals surface area (Å²) in [6.45, 7) is 2.03. The number of aromatic nitrogens is 1. The summed E-state index contributed by atoms with van der Waals surface area (Å²) in [5.74, 6) is 0.379. The van der Waals surface area contributed by atoms with Crippen LogP contribution in [0.25, 0.3) is 11.3 Å².